The molecule has 0 atom stereocenters. The zero-order valence-corrected chi connectivity index (χ0v) is 19.8. The summed E-state index contributed by atoms with van der Waals surface area (Å²) in [6, 6.07) is 4.29. The Bertz CT molecular complexity index is 612. The van der Waals surface area contributed by atoms with Crippen LogP contribution >= 0.6 is 24.0 Å². The zero-order chi connectivity index (χ0) is 19.1. The highest BCUT2D eigenvalue weighted by Gasteiger charge is 2.21. The minimum absolute atomic E-state index is 0. The molecular weight excluding hydrogens is 467 g/mol. The number of guanidine groups is 1. The van der Waals surface area contributed by atoms with Crippen molar-refractivity contribution in [3.8, 4) is 0 Å². The second-order valence-electron chi connectivity index (χ2n) is 7.36. The largest absolute Gasteiger partial charge is 0.378 e. The van der Waals surface area contributed by atoms with Crippen LogP contribution in [0.2, 0.25) is 0 Å². The molecular formula is C20H35IN6O. The van der Waals surface area contributed by atoms with Gasteiger partial charge in [0.05, 0.1) is 6.10 Å². The number of likely N-dealkylation sites (N-methyl/N-ethyl adjacent to an activating group) is 1. The summed E-state index contributed by atoms with van der Waals surface area (Å²) in [5.74, 6) is 2.05. The first kappa shape index (κ1) is 23.2. The van der Waals surface area contributed by atoms with Crippen molar-refractivity contribution in [1.29, 1.82) is 0 Å². The molecule has 158 valence electrons. The standard InChI is InChI=1S/C20H34N6O.HI/c1-4-27-18-6-9-26(10-7-18)20(21-2)23-16-17-5-8-22-19(15-17)25-13-11-24(3)12-14-25;/h5,8,15,18H,4,6-7,9-14,16H2,1-3H3,(H,21,23);1H. The van der Waals surface area contributed by atoms with Crippen LogP contribution in [0.3, 0.4) is 0 Å². The van der Waals surface area contributed by atoms with Gasteiger partial charge in [0.1, 0.15) is 5.82 Å². The van der Waals surface area contributed by atoms with E-state index >= 15 is 0 Å². The van der Waals surface area contributed by atoms with Gasteiger partial charge in [-0.1, -0.05) is 0 Å². The maximum absolute atomic E-state index is 5.75. The molecule has 2 aliphatic heterocycles. The van der Waals surface area contributed by atoms with Gasteiger partial charge in [0.15, 0.2) is 5.96 Å². The Kier molecular flexibility index (Phi) is 9.73. The zero-order valence-electron chi connectivity index (χ0n) is 17.4. The molecule has 1 N–H and O–H groups in total. The number of ether oxygens (including phenoxy) is 1. The highest BCUT2D eigenvalue weighted by atomic mass is 127. The summed E-state index contributed by atoms with van der Waals surface area (Å²) >= 11 is 0. The summed E-state index contributed by atoms with van der Waals surface area (Å²) in [7, 11) is 4.03. The van der Waals surface area contributed by atoms with Crippen LogP contribution in [0.5, 0.6) is 0 Å². The number of hydrogen-bond donors (Lipinski definition) is 1. The maximum Gasteiger partial charge on any atom is 0.193 e. The number of pyridine rings is 1. The molecule has 1 aromatic rings. The van der Waals surface area contributed by atoms with Gasteiger partial charge >= 0.3 is 0 Å². The number of piperazine rings is 1. The third-order valence-electron chi connectivity index (χ3n) is 5.44. The van der Waals surface area contributed by atoms with Crippen LogP contribution in [-0.2, 0) is 11.3 Å². The number of likely N-dealkylation sites (tertiary alicyclic amines) is 1. The van der Waals surface area contributed by atoms with Crippen LogP contribution in [0.4, 0.5) is 5.82 Å². The van der Waals surface area contributed by atoms with Crippen molar-refractivity contribution in [1.82, 2.24) is 20.1 Å². The molecule has 7 nitrogen and oxygen atoms in total. The van der Waals surface area contributed by atoms with E-state index in [-0.39, 0.29) is 24.0 Å². The SMILES string of the molecule is CCOC1CCN(C(=NC)NCc2ccnc(N3CCN(C)CC3)c2)CC1.I. The monoisotopic (exact) mass is 502 g/mol. The van der Waals surface area contributed by atoms with Crippen LogP contribution in [0, 0.1) is 0 Å². The molecule has 0 saturated carbocycles. The van der Waals surface area contributed by atoms with E-state index in [1.54, 1.807) is 0 Å². The predicted molar refractivity (Wildman–Crippen MR) is 126 cm³/mol. The molecule has 2 fully saturated rings. The number of aliphatic imine (C=N–C) groups is 1. The fourth-order valence-electron chi connectivity index (χ4n) is 3.76. The Labute approximate surface area is 186 Å². The number of piperidine rings is 1. The van der Waals surface area contributed by atoms with Gasteiger partial charge in [-0.15, -0.1) is 24.0 Å². The molecule has 0 unspecified atom stereocenters. The van der Waals surface area contributed by atoms with E-state index < -0.39 is 0 Å². The number of rotatable bonds is 5. The van der Waals surface area contributed by atoms with Crippen molar-refractivity contribution in [3.05, 3.63) is 23.9 Å². The van der Waals surface area contributed by atoms with E-state index in [1.165, 1.54) is 5.56 Å². The fourth-order valence-corrected chi connectivity index (χ4v) is 3.76. The molecule has 0 aliphatic carbocycles. The lowest BCUT2D eigenvalue weighted by Crippen LogP contribution is -2.46. The number of aromatic nitrogens is 1. The summed E-state index contributed by atoms with van der Waals surface area (Å²) in [4.78, 5) is 16.1. The number of halogens is 1. The first-order chi connectivity index (χ1) is 13.2. The summed E-state index contributed by atoms with van der Waals surface area (Å²) in [5.41, 5.74) is 1.24. The Morgan fingerprint density at radius 1 is 1.21 bits per heavy atom. The second kappa shape index (κ2) is 11.8. The number of hydrogen-bond acceptors (Lipinski definition) is 5. The Morgan fingerprint density at radius 2 is 1.93 bits per heavy atom. The molecule has 0 aromatic carbocycles. The molecule has 0 amide bonds. The minimum atomic E-state index is 0. The van der Waals surface area contributed by atoms with Gasteiger partial charge in [0.25, 0.3) is 0 Å². The highest BCUT2D eigenvalue weighted by molar-refractivity contribution is 14.0. The van der Waals surface area contributed by atoms with Crippen LogP contribution in [0.1, 0.15) is 25.3 Å². The Morgan fingerprint density at radius 3 is 2.57 bits per heavy atom. The van der Waals surface area contributed by atoms with Gasteiger partial charge < -0.3 is 24.8 Å². The summed E-state index contributed by atoms with van der Waals surface area (Å²) in [6.45, 7) is 9.88. The number of nitrogens with zero attached hydrogens (tertiary/aromatic N) is 5. The number of nitrogens with one attached hydrogen (secondary N) is 1. The Balaban J connectivity index is 0.00000280. The molecule has 2 saturated heterocycles. The van der Waals surface area contributed by atoms with E-state index in [0.29, 0.717) is 6.10 Å². The van der Waals surface area contributed by atoms with Gasteiger partial charge in [-0.25, -0.2) is 4.98 Å². The predicted octanol–water partition coefficient (Wildman–Crippen LogP) is 2.03. The van der Waals surface area contributed by atoms with Gasteiger partial charge in [-0.2, -0.15) is 0 Å². The van der Waals surface area contributed by atoms with E-state index in [1.807, 2.05) is 13.2 Å². The van der Waals surface area contributed by atoms with E-state index in [2.05, 4.69) is 56.1 Å². The second-order valence-corrected chi connectivity index (χ2v) is 7.36. The van der Waals surface area contributed by atoms with Crippen LogP contribution in [0.25, 0.3) is 0 Å². The molecule has 0 radical (unpaired) electrons. The molecule has 3 heterocycles. The average Bonchev–Trinajstić information content (AvgIpc) is 2.71. The molecule has 28 heavy (non-hydrogen) atoms. The third kappa shape index (κ3) is 6.45. The third-order valence-corrected chi connectivity index (χ3v) is 5.44. The van der Waals surface area contributed by atoms with E-state index in [4.69, 9.17) is 4.74 Å². The fraction of sp³-hybridized carbons (Fsp3) is 0.700. The van der Waals surface area contributed by atoms with Crippen molar-refractivity contribution < 1.29 is 4.74 Å². The normalized spacial score (nSPS) is 19.5. The van der Waals surface area contributed by atoms with E-state index in [9.17, 15) is 0 Å². The molecule has 2 aliphatic rings. The lowest BCUT2D eigenvalue weighted by atomic mass is 10.1. The van der Waals surface area contributed by atoms with Crippen molar-refractivity contribution in [2.45, 2.75) is 32.4 Å². The quantitative estimate of drug-likeness (QED) is 0.378. The van der Waals surface area contributed by atoms with Crippen molar-refractivity contribution in [2.24, 2.45) is 4.99 Å². The highest BCUT2D eigenvalue weighted by Crippen LogP contribution is 2.16. The van der Waals surface area contributed by atoms with Crippen LogP contribution in [0.15, 0.2) is 23.3 Å². The minimum Gasteiger partial charge on any atom is -0.378 e. The van der Waals surface area contributed by atoms with Gasteiger partial charge in [0.2, 0.25) is 0 Å². The lowest BCUT2D eigenvalue weighted by Gasteiger charge is -2.34. The average molecular weight is 502 g/mol. The summed E-state index contributed by atoms with van der Waals surface area (Å²) in [5, 5.41) is 3.52. The summed E-state index contributed by atoms with van der Waals surface area (Å²) in [6.07, 6.45) is 4.45. The van der Waals surface area contributed by atoms with Crippen LogP contribution in [-0.4, -0.2) is 86.8 Å². The Hall–Kier alpha value is -1.13. The molecule has 8 heteroatoms. The summed E-state index contributed by atoms with van der Waals surface area (Å²) < 4.78 is 5.75. The van der Waals surface area contributed by atoms with Crippen LogP contribution < -0.4 is 10.2 Å². The molecule has 0 spiro atoms. The van der Waals surface area contributed by atoms with Crippen molar-refractivity contribution in [3.63, 3.8) is 0 Å². The smallest absolute Gasteiger partial charge is 0.193 e. The van der Waals surface area contributed by atoms with Crippen molar-refractivity contribution >= 4 is 35.8 Å². The topological polar surface area (TPSA) is 56.2 Å². The number of anilines is 1. The van der Waals surface area contributed by atoms with Crippen molar-refractivity contribution in [2.75, 3.05) is 64.9 Å². The lowest BCUT2D eigenvalue weighted by molar-refractivity contribution is 0.0263. The van der Waals surface area contributed by atoms with E-state index in [0.717, 1.165) is 77.0 Å². The first-order valence-electron chi connectivity index (χ1n) is 10.1. The molecule has 1 aromatic heterocycles. The van der Waals surface area contributed by atoms with Gasteiger partial charge in [0, 0.05) is 65.7 Å². The van der Waals surface area contributed by atoms with Gasteiger partial charge in [-0.05, 0) is 44.5 Å². The molecule has 0 bridgehead atoms. The molecule has 3 rings (SSSR count). The first-order valence-corrected chi connectivity index (χ1v) is 10.1. The van der Waals surface area contributed by atoms with Gasteiger partial charge in [-0.3, -0.25) is 4.99 Å². The maximum atomic E-state index is 5.75.